The number of benzene rings is 1. The van der Waals surface area contributed by atoms with Crippen molar-refractivity contribution in [2.24, 2.45) is 0 Å². The van der Waals surface area contributed by atoms with E-state index in [1.54, 1.807) is 47.0 Å². The first-order valence-electron chi connectivity index (χ1n) is 6.68. The third-order valence-electron chi connectivity index (χ3n) is 3.24. The summed E-state index contributed by atoms with van der Waals surface area (Å²) in [4.78, 5) is 13.4. The fourth-order valence-corrected chi connectivity index (χ4v) is 3.99. The molecule has 0 unspecified atom stereocenters. The minimum absolute atomic E-state index is 0.172. The Hall–Kier alpha value is -1.60. The van der Waals surface area contributed by atoms with Crippen LogP contribution in [0.4, 0.5) is 5.69 Å². The van der Waals surface area contributed by atoms with Gasteiger partial charge in [-0.3, -0.25) is 4.79 Å². The van der Waals surface area contributed by atoms with Gasteiger partial charge in [-0.2, -0.15) is 4.31 Å². The second-order valence-corrected chi connectivity index (χ2v) is 7.08. The highest BCUT2D eigenvalue weighted by Crippen LogP contribution is 2.26. The average Bonchev–Trinajstić information content (AvgIpc) is 2.33. The minimum Gasteiger partial charge on any atom is -0.399 e. The summed E-state index contributed by atoms with van der Waals surface area (Å²) in [7, 11) is -0.528. The van der Waals surface area contributed by atoms with Gasteiger partial charge in [0.15, 0.2) is 0 Å². The lowest BCUT2D eigenvalue weighted by atomic mass is 10.1. The molecule has 0 spiro atoms. The summed E-state index contributed by atoms with van der Waals surface area (Å²) >= 11 is 0. The zero-order chi connectivity index (χ0) is 16.4. The largest absolute Gasteiger partial charge is 0.399 e. The molecule has 0 bridgehead atoms. The number of sulfonamides is 1. The van der Waals surface area contributed by atoms with Gasteiger partial charge < -0.3 is 10.6 Å². The zero-order valence-electron chi connectivity index (χ0n) is 13.2. The lowest BCUT2D eigenvalue weighted by Gasteiger charge is -2.23. The Labute approximate surface area is 126 Å². The molecule has 0 fully saturated rings. The molecule has 1 aromatic carbocycles. The quantitative estimate of drug-likeness (QED) is 0.822. The van der Waals surface area contributed by atoms with Crippen molar-refractivity contribution in [2.75, 3.05) is 32.9 Å². The number of hydrogen-bond acceptors (Lipinski definition) is 4. The van der Waals surface area contributed by atoms with Crippen molar-refractivity contribution < 1.29 is 13.2 Å². The number of amides is 1. The zero-order valence-corrected chi connectivity index (χ0v) is 14.0. The standard InChI is InChI=1S/C14H23N3O3S/c1-6-17(9-13(18)16(4)5)21(19,20)14-10(2)7-12(15)8-11(14)3/h7-8H,6,9,15H2,1-5H3. The predicted molar refractivity (Wildman–Crippen MR) is 83.5 cm³/mol. The van der Waals surface area contributed by atoms with Crippen LogP contribution in [0.2, 0.25) is 0 Å². The lowest BCUT2D eigenvalue weighted by Crippen LogP contribution is -2.40. The van der Waals surface area contributed by atoms with E-state index in [-0.39, 0.29) is 23.9 Å². The van der Waals surface area contributed by atoms with Crippen molar-refractivity contribution in [1.29, 1.82) is 0 Å². The van der Waals surface area contributed by atoms with E-state index < -0.39 is 10.0 Å². The summed E-state index contributed by atoms with van der Waals surface area (Å²) in [6.45, 7) is 5.18. The van der Waals surface area contributed by atoms with Crippen LogP contribution in [0.3, 0.4) is 0 Å². The smallest absolute Gasteiger partial charge is 0.244 e. The van der Waals surface area contributed by atoms with Gasteiger partial charge in [-0.25, -0.2) is 8.42 Å². The maximum atomic E-state index is 12.8. The molecule has 0 aliphatic carbocycles. The second kappa shape index (κ2) is 6.44. The van der Waals surface area contributed by atoms with Gasteiger partial charge in [0, 0.05) is 26.3 Å². The summed E-state index contributed by atoms with van der Waals surface area (Å²) in [6.07, 6.45) is 0. The van der Waals surface area contributed by atoms with E-state index in [1.165, 1.54) is 9.21 Å². The highest BCUT2D eigenvalue weighted by molar-refractivity contribution is 7.89. The second-order valence-electron chi connectivity index (χ2n) is 5.20. The Morgan fingerprint density at radius 2 is 1.67 bits per heavy atom. The summed E-state index contributed by atoms with van der Waals surface area (Å²) < 4.78 is 26.8. The maximum absolute atomic E-state index is 12.8. The van der Waals surface area contributed by atoms with Crippen molar-refractivity contribution in [3.63, 3.8) is 0 Å². The Bertz CT molecular complexity index is 616. The Balaban J connectivity index is 3.29. The third kappa shape index (κ3) is 3.74. The number of likely N-dealkylation sites (N-methyl/N-ethyl adjacent to an activating group) is 2. The Morgan fingerprint density at radius 1 is 1.19 bits per heavy atom. The molecule has 0 aliphatic heterocycles. The first-order chi connectivity index (χ1) is 9.61. The molecule has 0 aromatic heterocycles. The summed E-state index contributed by atoms with van der Waals surface area (Å²) in [5.41, 5.74) is 7.43. The topological polar surface area (TPSA) is 83.7 Å². The average molecular weight is 313 g/mol. The Morgan fingerprint density at radius 3 is 2.05 bits per heavy atom. The summed E-state index contributed by atoms with van der Waals surface area (Å²) in [6, 6.07) is 3.25. The van der Waals surface area contributed by atoms with Crippen LogP contribution in [0.5, 0.6) is 0 Å². The molecule has 0 radical (unpaired) electrons. The van der Waals surface area contributed by atoms with Crippen molar-refractivity contribution in [1.82, 2.24) is 9.21 Å². The summed E-state index contributed by atoms with van der Waals surface area (Å²) in [5, 5.41) is 0. The molecule has 0 saturated carbocycles. The number of nitrogen functional groups attached to an aromatic ring is 1. The molecule has 6 nitrogen and oxygen atoms in total. The lowest BCUT2D eigenvalue weighted by molar-refractivity contribution is -0.128. The van der Waals surface area contributed by atoms with Crippen LogP contribution in [-0.4, -0.2) is 50.7 Å². The molecular formula is C14H23N3O3S. The van der Waals surface area contributed by atoms with Crippen LogP contribution >= 0.6 is 0 Å². The van der Waals surface area contributed by atoms with Gasteiger partial charge >= 0.3 is 0 Å². The van der Waals surface area contributed by atoms with Gasteiger partial charge in [0.1, 0.15) is 0 Å². The van der Waals surface area contributed by atoms with Crippen LogP contribution in [0.1, 0.15) is 18.1 Å². The minimum atomic E-state index is -3.73. The van der Waals surface area contributed by atoms with Crippen molar-refractivity contribution in [2.45, 2.75) is 25.7 Å². The molecule has 0 atom stereocenters. The number of carbonyl (C=O) groups is 1. The number of carbonyl (C=O) groups excluding carboxylic acids is 1. The van der Waals surface area contributed by atoms with Crippen molar-refractivity contribution in [3.8, 4) is 0 Å². The number of rotatable bonds is 5. The molecule has 0 heterocycles. The predicted octanol–water partition coefficient (Wildman–Crippen LogP) is 0.984. The normalized spacial score (nSPS) is 11.7. The van der Waals surface area contributed by atoms with Gasteiger partial charge in [-0.1, -0.05) is 6.92 Å². The number of nitrogens with two attached hydrogens (primary N) is 1. The van der Waals surface area contributed by atoms with Gasteiger partial charge in [0.05, 0.1) is 11.4 Å². The van der Waals surface area contributed by atoms with E-state index in [1.807, 2.05) is 0 Å². The van der Waals surface area contributed by atoms with Gasteiger partial charge in [-0.15, -0.1) is 0 Å². The Kier molecular flexibility index (Phi) is 5.36. The molecule has 7 heteroatoms. The van der Waals surface area contributed by atoms with E-state index in [0.29, 0.717) is 16.8 Å². The molecule has 1 aromatic rings. The van der Waals surface area contributed by atoms with Crippen LogP contribution < -0.4 is 5.73 Å². The van der Waals surface area contributed by atoms with Gasteiger partial charge in [-0.05, 0) is 37.1 Å². The van der Waals surface area contributed by atoms with Gasteiger partial charge in [0.2, 0.25) is 15.9 Å². The molecule has 118 valence electrons. The van der Waals surface area contributed by atoms with Crippen molar-refractivity contribution >= 4 is 21.6 Å². The number of anilines is 1. The molecule has 2 N–H and O–H groups in total. The van der Waals surface area contributed by atoms with E-state index in [2.05, 4.69) is 0 Å². The molecule has 21 heavy (non-hydrogen) atoms. The fraction of sp³-hybridized carbons (Fsp3) is 0.500. The van der Waals surface area contributed by atoms with Crippen LogP contribution in [0, 0.1) is 13.8 Å². The first kappa shape index (κ1) is 17.5. The molecule has 1 rings (SSSR count). The number of hydrogen-bond donors (Lipinski definition) is 1. The SMILES string of the molecule is CCN(CC(=O)N(C)C)S(=O)(=O)c1c(C)cc(N)cc1C. The third-order valence-corrected chi connectivity index (χ3v) is 5.47. The summed E-state index contributed by atoms with van der Waals surface area (Å²) in [5.74, 6) is -0.258. The highest BCUT2D eigenvalue weighted by Gasteiger charge is 2.28. The molecular weight excluding hydrogens is 290 g/mol. The molecule has 0 saturated heterocycles. The van der Waals surface area contributed by atoms with Crippen LogP contribution in [0.25, 0.3) is 0 Å². The van der Waals surface area contributed by atoms with Crippen molar-refractivity contribution in [3.05, 3.63) is 23.3 Å². The van der Waals surface area contributed by atoms with Crippen LogP contribution in [-0.2, 0) is 14.8 Å². The fourth-order valence-electron chi connectivity index (χ4n) is 2.18. The molecule has 1 amide bonds. The first-order valence-corrected chi connectivity index (χ1v) is 8.12. The monoisotopic (exact) mass is 313 g/mol. The van der Waals surface area contributed by atoms with E-state index in [4.69, 9.17) is 5.73 Å². The van der Waals surface area contributed by atoms with E-state index >= 15 is 0 Å². The van der Waals surface area contributed by atoms with E-state index in [0.717, 1.165) is 0 Å². The highest BCUT2D eigenvalue weighted by atomic mass is 32.2. The number of nitrogens with zero attached hydrogens (tertiary/aromatic N) is 2. The number of aryl methyl sites for hydroxylation is 2. The molecule has 0 aliphatic rings. The maximum Gasteiger partial charge on any atom is 0.244 e. The van der Waals surface area contributed by atoms with Gasteiger partial charge in [0.25, 0.3) is 0 Å². The van der Waals surface area contributed by atoms with Crippen LogP contribution in [0.15, 0.2) is 17.0 Å². The van der Waals surface area contributed by atoms with E-state index in [9.17, 15) is 13.2 Å².